The SMILES string of the molecule is Cc1nn(-c2ccc(F)cc2)c(C)c1C(=O)N1CCCN(C(=O)OCC(C)C)CC1. The van der Waals surface area contributed by atoms with Crippen molar-refractivity contribution in [3.05, 3.63) is 47.0 Å². The zero-order valence-electron chi connectivity index (χ0n) is 18.0. The highest BCUT2D eigenvalue weighted by Gasteiger charge is 2.27. The molecule has 1 aromatic carbocycles. The third-order valence-electron chi connectivity index (χ3n) is 5.16. The second-order valence-corrected chi connectivity index (χ2v) is 8.04. The molecule has 1 aromatic heterocycles. The molecule has 2 aromatic rings. The van der Waals surface area contributed by atoms with E-state index in [1.807, 2.05) is 20.8 Å². The number of carbonyl (C=O) groups is 2. The minimum absolute atomic E-state index is 0.101. The van der Waals surface area contributed by atoms with Gasteiger partial charge in [-0.15, -0.1) is 0 Å². The lowest BCUT2D eigenvalue weighted by Crippen LogP contribution is -2.38. The molecule has 2 amide bonds. The van der Waals surface area contributed by atoms with Crippen molar-refractivity contribution in [1.82, 2.24) is 19.6 Å². The first-order valence-electron chi connectivity index (χ1n) is 10.3. The number of carbonyl (C=O) groups excluding carboxylic acids is 2. The van der Waals surface area contributed by atoms with E-state index in [1.165, 1.54) is 12.1 Å². The van der Waals surface area contributed by atoms with Crippen LogP contribution in [0.4, 0.5) is 9.18 Å². The molecule has 0 aliphatic carbocycles. The van der Waals surface area contributed by atoms with Crippen LogP contribution in [0, 0.1) is 25.6 Å². The summed E-state index contributed by atoms with van der Waals surface area (Å²) in [6.07, 6.45) is 0.363. The summed E-state index contributed by atoms with van der Waals surface area (Å²) in [4.78, 5) is 28.9. The van der Waals surface area contributed by atoms with Crippen LogP contribution in [0.5, 0.6) is 0 Å². The van der Waals surface area contributed by atoms with Crippen LogP contribution in [0.1, 0.15) is 42.0 Å². The number of aromatic nitrogens is 2. The Balaban J connectivity index is 1.72. The normalized spacial score (nSPS) is 14.7. The lowest BCUT2D eigenvalue weighted by molar-refractivity contribution is 0.0745. The summed E-state index contributed by atoms with van der Waals surface area (Å²) in [6.45, 7) is 10.0. The molecule has 3 rings (SSSR count). The van der Waals surface area contributed by atoms with Crippen LogP contribution in [0.15, 0.2) is 24.3 Å². The van der Waals surface area contributed by atoms with E-state index < -0.39 is 0 Å². The molecule has 1 saturated heterocycles. The quantitative estimate of drug-likeness (QED) is 0.764. The summed E-state index contributed by atoms with van der Waals surface area (Å²) in [7, 11) is 0. The molecule has 0 atom stereocenters. The van der Waals surface area contributed by atoms with Crippen LogP contribution < -0.4 is 0 Å². The van der Waals surface area contributed by atoms with Gasteiger partial charge in [0.25, 0.3) is 5.91 Å². The van der Waals surface area contributed by atoms with E-state index in [0.29, 0.717) is 61.8 Å². The highest BCUT2D eigenvalue weighted by molar-refractivity contribution is 5.96. The van der Waals surface area contributed by atoms with Gasteiger partial charge in [0, 0.05) is 26.2 Å². The van der Waals surface area contributed by atoms with Crippen LogP contribution in [-0.4, -0.2) is 64.4 Å². The molecule has 1 fully saturated rings. The van der Waals surface area contributed by atoms with E-state index in [-0.39, 0.29) is 23.7 Å². The molecule has 0 N–H and O–H groups in total. The number of halogens is 1. The van der Waals surface area contributed by atoms with Gasteiger partial charge in [0.1, 0.15) is 5.82 Å². The molecule has 0 bridgehead atoms. The Morgan fingerprint density at radius 3 is 2.37 bits per heavy atom. The summed E-state index contributed by atoms with van der Waals surface area (Å²) in [5.74, 6) is -0.143. The predicted molar refractivity (Wildman–Crippen MR) is 111 cm³/mol. The number of aryl methyl sites for hydroxylation is 1. The monoisotopic (exact) mass is 416 g/mol. The van der Waals surface area contributed by atoms with Gasteiger partial charge in [-0.2, -0.15) is 5.10 Å². The number of hydrogen-bond donors (Lipinski definition) is 0. The molecule has 0 unspecified atom stereocenters. The topological polar surface area (TPSA) is 67.7 Å². The number of hydrogen-bond acceptors (Lipinski definition) is 4. The molecule has 1 aliphatic rings. The van der Waals surface area contributed by atoms with Gasteiger partial charge in [0.05, 0.1) is 29.2 Å². The second-order valence-electron chi connectivity index (χ2n) is 8.04. The number of rotatable bonds is 4. The Bertz CT molecular complexity index is 908. The highest BCUT2D eigenvalue weighted by atomic mass is 19.1. The predicted octanol–water partition coefficient (Wildman–Crippen LogP) is 3.57. The van der Waals surface area contributed by atoms with Gasteiger partial charge in [0.15, 0.2) is 0 Å². The average molecular weight is 416 g/mol. The molecule has 0 saturated carbocycles. The minimum atomic E-state index is -0.325. The lowest BCUT2D eigenvalue weighted by atomic mass is 10.1. The summed E-state index contributed by atoms with van der Waals surface area (Å²) in [5.41, 5.74) is 2.59. The van der Waals surface area contributed by atoms with Gasteiger partial charge in [-0.3, -0.25) is 4.79 Å². The Morgan fingerprint density at radius 2 is 1.70 bits per heavy atom. The van der Waals surface area contributed by atoms with E-state index in [2.05, 4.69) is 5.10 Å². The van der Waals surface area contributed by atoms with Crippen molar-refractivity contribution in [2.75, 3.05) is 32.8 Å². The molecule has 162 valence electrons. The van der Waals surface area contributed by atoms with Crippen molar-refractivity contribution in [1.29, 1.82) is 0 Å². The van der Waals surface area contributed by atoms with Crippen LogP contribution in [0.3, 0.4) is 0 Å². The van der Waals surface area contributed by atoms with E-state index >= 15 is 0 Å². The van der Waals surface area contributed by atoms with Crippen molar-refractivity contribution >= 4 is 12.0 Å². The fourth-order valence-electron chi connectivity index (χ4n) is 3.58. The van der Waals surface area contributed by atoms with Crippen molar-refractivity contribution in [2.45, 2.75) is 34.1 Å². The molecule has 8 heteroatoms. The van der Waals surface area contributed by atoms with Crippen molar-refractivity contribution in [2.24, 2.45) is 5.92 Å². The third-order valence-corrected chi connectivity index (χ3v) is 5.16. The van der Waals surface area contributed by atoms with Crippen molar-refractivity contribution in [3.8, 4) is 5.69 Å². The van der Waals surface area contributed by atoms with Crippen molar-refractivity contribution in [3.63, 3.8) is 0 Å². The Labute approximate surface area is 176 Å². The largest absolute Gasteiger partial charge is 0.449 e. The van der Waals surface area contributed by atoms with Crippen LogP contribution in [0.25, 0.3) is 5.69 Å². The fraction of sp³-hybridized carbons (Fsp3) is 0.500. The van der Waals surface area contributed by atoms with Gasteiger partial charge in [-0.25, -0.2) is 13.9 Å². The van der Waals surface area contributed by atoms with Gasteiger partial charge in [-0.05, 0) is 50.5 Å². The minimum Gasteiger partial charge on any atom is -0.449 e. The number of benzene rings is 1. The molecular weight excluding hydrogens is 387 g/mol. The van der Waals surface area contributed by atoms with E-state index in [4.69, 9.17) is 4.74 Å². The summed E-state index contributed by atoms with van der Waals surface area (Å²) >= 11 is 0. The number of nitrogens with zero attached hydrogens (tertiary/aromatic N) is 4. The molecule has 2 heterocycles. The van der Waals surface area contributed by atoms with E-state index in [9.17, 15) is 14.0 Å². The molecule has 30 heavy (non-hydrogen) atoms. The summed E-state index contributed by atoms with van der Waals surface area (Å²) < 4.78 is 20.2. The lowest BCUT2D eigenvalue weighted by Gasteiger charge is -2.22. The Hall–Kier alpha value is -2.90. The van der Waals surface area contributed by atoms with E-state index in [1.54, 1.807) is 33.5 Å². The number of ether oxygens (including phenoxy) is 1. The van der Waals surface area contributed by atoms with Gasteiger partial charge >= 0.3 is 6.09 Å². The first kappa shape index (κ1) is 21.8. The smallest absolute Gasteiger partial charge is 0.409 e. The van der Waals surface area contributed by atoms with E-state index in [0.717, 1.165) is 0 Å². The van der Waals surface area contributed by atoms with Crippen LogP contribution in [-0.2, 0) is 4.74 Å². The maximum atomic E-state index is 13.3. The highest BCUT2D eigenvalue weighted by Crippen LogP contribution is 2.21. The Kier molecular flexibility index (Phi) is 6.74. The van der Waals surface area contributed by atoms with Gasteiger partial charge < -0.3 is 14.5 Å². The van der Waals surface area contributed by atoms with Crippen LogP contribution >= 0.6 is 0 Å². The second kappa shape index (κ2) is 9.28. The van der Waals surface area contributed by atoms with Gasteiger partial charge in [0.2, 0.25) is 0 Å². The fourth-order valence-corrected chi connectivity index (χ4v) is 3.58. The third kappa shape index (κ3) is 4.80. The molecule has 0 spiro atoms. The summed E-state index contributed by atoms with van der Waals surface area (Å²) in [6, 6.07) is 6.01. The van der Waals surface area contributed by atoms with Crippen molar-refractivity contribution < 1.29 is 18.7 Å². The van der Waals surface area contributed by atoms with Gasteiger partial charge in [-0.1, -0.05) is 13.8 Å². The Morgan fingerprint density at radius 1 is 1.07 bits per heavy atom. The molecule has 0 radical (unpaired) electrons. The molecule has 1 aliphatic heterocycles. The number of amides is 2. The zero-order chi connectivity index (χ0) is 21.8. The standard InChI is InChI=1S/C22H29FN4O3/c1-15(2)14-30-22(29)26-11-5-10-25(12-13-26)21(28)20-16(3)24-27(17(20)4)19-8-6-18(23)7-9-19/h6-9,15H,5,10-14H2,1-4H3. The maximum absolute atomic E-state index is 13.3. The maximum Gasteiger partial charge on any atom is 0.409 e. The first-order valence-corrected chi connectivity index (χ1v) is 10.3. The van der Waals surface area contributed by atoms with Crippen LogP contribution in [0.2, 0.25) is 0 Å². The first-order chi connectivity index (χ1) is 14.3. The summed E-state index contributed by atoms with van der Waals surface area (Å²) in [5, 5.41) is 4.50. The zero-order valence-corrected chi connectivity index (χ0v) is 18.0. The molecular formula is C22H29FN4O3. The molecule has 7 nitrogen and oxygen atoms in total. The average Bonchev–Trinajstić information content (AvgIpc) is 2.88.